The number of amides is 1. The van der Waals surface area contributed by atoms with Gasteiger partial charge in [0.25, 0.3) is 0 Å². The van der Waals surface area contributed by atoms with Crippen molar-refractivity contribution in [2.75, 3.05) is 19.6 Å². The van der Waals surface area contributed by atoms with E-state index in [1.165, 1.54) is 0 Å². The van der Waals surface area contributed by atoms with Crippen LogP contribution in [0.3, 0.4) is 0 Å². The summed E-state index contributed by atoms with van der Waals surface area (Å²) in [6.45, 7) is 2.65. The van der Waals surface area contributed by atoms with Crippen molar-refractivity contribution >= 4 is 45.5 Å². The third-order valence-corrected chi connectivity index (χ3v) is 4.78. The summed E-state index contributed by atoms with van der Waals surface area (Å²) in [4.78, 5) is 24.0. The van der Waals surface area contributed by atoms with Crippen LogP contribution in [-0.2, 0) is 4.79 Å². The highest BCUT2D eigenvalue weighted by molar-refractivity contribution is 7.17. The van der Waals surface area contributed by atoms with Gasteiger partial charge in [0.05, 0.1) is 0 Å². The molecular weight excluding hydrogens is 320 g/mol. The van der Waals surface area contributed by atoms with Crippen molar-refractivity contribution in [1.29, 1.82) is 0 Å². The highest BCUT2D eigenvalue weighted by atomic mass is 35.5. The summed E-state index contributed by atoms with van der Waals surface area (Å²) in [6.07, 6.45) is 0.540. The first-order valence-electron chi connectivity index (χ1n) is 7.21. The number of fused-ring (bicyclic) bond motifs is 1. The minimum absolute atomic E-state index is 0. The molecule has 4 nitrogen and oxygen atoms in total. The fourth-order valence-corrected chi connectivity index (χ4v) is 3.36. The van der Waals surface area contributed by atoms with Gasteiger partial charge in [-0.05, 0) is 6.07 Å². The monoisotopic (exact) mass is 338 g/mol. The third-order valence-electron chi connectivity index (χ3n) is 3.81. The van der Waals surface area contributed by atoms with Crippen molar-refractivity contribution in [2.24, 2.45) is 5.92 Å². The molecule has 2 aromatic rings. The van der Waals surface area contributed by atoms with Gasteiger partial charge >= 0.3 is 0 Å². The Bertz CT molecular complexity index is 667. The summed E-state index contributed by atoms with van der Waals surface area (Å²) in [7, 11) is 0. The number of carbonyl (C=O) groups excluding carboxylic acids is 2. The molecule has 1 saturated heterocycles. The van der Waals surface area contributed by atoms with Crippen LogP contribution in [0.1, 0.15) is 23.2 Å². The van der Waals surface area contributed by atoms with Gasteiger partial charge in [-0.3, -0.25) is 9.59 Å². The van der Waals surface area contributed by atoms with E-state index in [4.69, 9.17) is 0 Å². The maximum atomic E-state index is 12.2. The van der Waals surface area contributed by atoms with E-state index in [9.17, 15) is 9.59 Å². The molecule has 1 aliphatic heterocycles. The van der Waals surface area contributed by atoms with E-state index >= 15 is 0 Å². The van der Waals surface area contributed by atoms with Crippen LogP contribution in [0.4, 0.5) is 0 Å². The molecule has 2 N–H and O–H groups in total. The molecular formula is C16H19ClN2O2S. The first-order valence-corrected chi connectivity index (χ1v) is 8.09. The Morgan fingerprint density at radius 1 is 1.23 bits per heavy atom. The average Bonchev–Trinajstić information content (AvgIpc) is 2.87. The third kappa shape index (κ3) is 3.85. The van der Waals surface area contributed by atoms with Crippen molar-refractivity contribution in [3.63, 3.8) is 0 Å². The second-order valence-corrected chi connectivity index (χ2v) is 6.31. The van der Waals surface area contributed by atoms with Crippen molar-refractivity contribution < 1.29 is 9.59 Å². The number of nitrogens with one attached hydrogen (secondary N) is 2. The zero-order valence-electron chi connectivity index (χ0n) is 12.1. The molecule has 1 fully saturated rings. The van der Waals surface area contributed by atoms with E-state index in [-0.39, 0.29) is 36.9 Å². The first-order chi connectivity index (χ1) is 10.2. The second-order valence-electron chi connectivity index (χ2n) is 5.40. The van der Waals surface area contributed by atoms with Gasteiger partial charge in [-0.2, -0.15) is 0 Å². The van der Waals surface area contributed by atoms with E-state index in [1.54, 1.807) is 11.3 Å². The summed E-state index contributed by atoms with van der Waals surface area (Å²) in [5.74, 6) is 0.563. The number of ketones is 1. The van der Waals surface area contributed by atoms with E-state index < -0.39 is 0 Å². The molecule has 1 aromatic heterocycles. The van der Waals surface area contributed by atoms with Crippen LogP contribution in [-0.4, -0.2) is 31.3 Å². The maximum absolute atomic E-state index is 12.2. The molecule has 118 valence electrons. The van der Waals surface area contributed by atoms with Gasteiger partial charge in [-0.1, -0.05) is 18.2 Å². The average molecular weight is 339 g/mol. The van der Waals surface area contributed by atoms with E-state index in [0.29, 0.717) is 12.5 Å². The van der Waals surface area contributed by atoms with E-state index in [2.05, 4.69) is 10.6 Å². The van der Waals surface area contributed by atoms with Crippen molar-refractivity contribution in [3.05, 3.63) is 35.2 Å². The number of benzene rings is 1. The predicted molar refractivity (Wildman–Crippen MR) is 92.0 cm³/mol. The molecule has 2 heterocycles. The number of halogens is 1. The van der Waals surface area contributed by atoms with Crippen molar-refractivity contribution in [2.45, 2.75) is 12.8 Å². The molecule has 22 heavy (non-hydrogen) atoms. The molecule has 1 aliphatic rings. The summed E-state index contributed by atoms with van der Waals surface area (Å²) in [6, 6.07) is 7.87. The van der Waals surface area contributed by atoms with Crippen LogP contribution in [0.15, 0.2) is 29.6 Å². The van der Waals surface area contributed by atoms with Crippen molar-refractivity contribution in [1.82, 2.24) is 10.6 Å². The van der Waals surface area contributed by atoms with Gasteiger partial charge in [-0.25, -0.2) is 0 Å². The lowest BCUT2D eigenvalue weighted by Crippen LogP contribution is -2.48. The fourth-order valence-electron chi connectivity index (χ4n) is 2.39. The molecule has 6 heteroatoms. The molecule has 0 aliphatic carbocycles. The topological polar surface area (TPSA) is 58.2 Å². The zero-order valence-corrected chi connectivity index (χ0v) is 13.8. The lowest BCUT2D eigenvalue weighted by molar-refractivity contribution is -0.121. The molecule has 0 saturated carbocycles. The van der Waals surface area contributed by atoms with Gasteiger partial charge in [0.2, 0.25) is 5.91 Å². The van der Waals surface area contributed by atoms with Gasteiger partial charge in [0, 0.05) is 59.4 Å². The van der Waals surface area contributed by atoms with Crippen LogP contribution in [0.25, 0.3) is 10.1 Å². The summed E-state index contributed by atoms with van der Waals surface area (Å²) < 4.78 is 1.11. The molecule has 0 atom stereocenters. The van der Waals surface area contributed by atoms with Crippen LogP contribution in [0.2, 0.25) is 0 Å². The largest absolute Gasteiger partial charge is 0.356 e. The molecule has 1 aromatic carbocycles. The molecule has 0 unspecified atom stereocenters. The minimum Gasteiger partial charge on any atom is -0.356 e. The SMILES string of the molecule is Cl.O=C(CCC(=O)c1csc2ccccc12)NCC1CNC1. The summed E-state index contributed by atoms with van der Waals surface area (Å²) >= 11 is 1.57. The number of carbonyl (C=O) groups is 2. The van der Waals surface area contributed by atoms with E-state index in [1.807, 2.05) is 29.6 Å². The molecule has 0 bridgehead atoms. The Hall–Kier alpha value is -1.43. The lowest BCUT2D eigenvalue weighted by Gasteiger charge is -2.27. The molecule has 0 radical (unpaired) electrons. The van der Waals surface area contributed by atoms with E-state index in [0.717, 1.165) is 28.7 Å². The molecule has 3 rings (SSSR count). The predicted octanol–water partition coefficient (Wildman–Crippen LogP) is 2.62. The number of Topliss-reactive ketones (excluding diaryl/α,β-unsaturated/α-hetero) is 1. The highest BCUT2D eigenvalue weighted by Crippen LogP contribution is 2.26. The van der Waals surface area contributed by atoms with Crippen LogP contribution in [0, 0.1) is 5.92 Å². The summed E-state index contributed by atoms with van der Waals surface area (Å²) in [5.41, 5.74) is 0.742. The number of hydrogen-bond donors (Lipinski definition) is 2. The van der Waals surface area contributed by atoms with Crippen molar-refractivity contribution in [3.8, 4) is 0 Å². The quantitative estimate of drug-likeness (QED) is 0.796. The molecule has 1 amide bonds. The Labute approximate surface area is 139 Å². The standard InChI is InChI=1S/C16H18N2O2S.ClH/c19-14(5-6-16(20)18-9-11-7-17-8-11)13-10-21-15-4-2-1-3-12(13)15;/h1-4,10-11,17H,5-9H2,(H,18,20);1H. The van der Waals surface area contributed by atoms with Crippen LogP contribution >= 0.6 is 23.7 Å². The van der Waals surface area contributed by atoms with Crippen LogP contribution in [0.5, 0.6) is 0 Å². The Morgan fingerprint density at radius 3 is 2.73 bits per heavy atom. The number of hydrogen-bond acceptors (Lipinski definition) is 4. The Morgan fingerprint density at radius 2 is 2.00 bits per heavy atom. The number of thiophene rings is 1. The minimum atomic E-state index is -0.0326. The van der Waals surface area contributed by atoms with Gasteiger partial charge in [0.15, 0.2) is 5.78 Å². The normalized spacial score (nSPS) is 14.2. The lowest BCUT2D eigenvalue weighted by atomic mass is 10.0. The second kappa shape index (κ2) is 7.72. The smallest absolute Gasteiger partial charge is 0.220 e. The van der Waals surface area contributed by atoms with Gasteiger partial charge in [-0.15, -0.1) is 23.7 Å². The fraction of sp³-hybridized carbons (Fsp3) is 0.375. The summed E-state index contributed by atoms with van der Waals surface area (Å²) in [5, 5.41) is 8.95. The maximum Gasteiger partial charge on any atom is 0.220 e. The Kier molecular flexibility index (Phi) is 5.94. The number of rotatable bonds is 6. The van der Waals surface area contributed by atoms with Crippen LogP contribution < -0.4 is 10.6 Å². The first kappa shape index (κ1) is 16.9. The molecule has 0 spiro atoms. The highest BCUT2D eigenvalue weighted by Gasteiger charge is 2.18. The zero-order chi connectivity index (χ0) is 14.7. The van der Waals surface area contributed by atoms with Gasteiger partial charge in [0.1, 0.15) is 0 Å². The Balaban J connectivity index is 0.00000176. The van der Waals surface area contributed by atoms with Gasteiger partial charge < -0.3 is 10.6 Å².